The van der Waals surface area contributed by atoms with Gasteiger partial charge in [-0.3, -0.25) is 0 Å². The maximum absolute atomic E-state index is 10.9. The lowest BCUT2D eigenvalue weighted by Gasteiger charge is -2.16. The molecule has 0 aliphatic carbocycles. The van der Waals surface area contributed by atoms with Crippen molar-refractivity contribution in [3.8, 4) is 63.1 Å². The van der Waals surface area contributed by atoms with Crippen LogP contribution in [0.1, 0.15) is 11.1 Å². The highest BCUT2D eigenvalue weighted by Crippen LogP contribution is 2.40. The minimum Gasteiger partial charge on any atom is -0.307 e. The van der Waals surface area contributed by atoms with Gasteiger partial charge in [0.25, 0.3) is 0 Å². The topological polar surface area (TPSA) is 91.2 Å². The number of benzene rings is 6. The fraction of sp³-hybridized carbons (Fsp3) is 0. The molecule has 0 saturated heterocycles. The Labute approximate surface area is 271 Å². The van der Waals surface area contributed by atoms with Gasteiger partial charge in [0.15, 0.2) is 17.5 Å². The molecule has 0 atom stereocenters. The summed E-state index contributed by atoms with van der Waals surface area (Å²) in [6, 6.07) is 52.4. The van der Waals surface area contributed by atoms with E-state index in [1.165, 1.54) is 0 Å². The SMILES string of the molecule is N#Cc1ccc(-n2c3ccccc3c3cccc(-c4ccccc4)c32)c(C#N)c1-c1nc(-c2ccccc2)nc(-c2ccccc2)n1. The first-order chi connectivity index (χ1) is 23.2. The molecule has 6 heteroatoms. The molecule has 6 aromatic carbocycles. The van der Waals surface area contributed by atoms with Crippen molar-refractivity contribution < 1.29 is 0 Å². The normalized spacial score (nSPS) is 10.9. The molecule has 0 bridgehead atoms. The summed E-state index contributed by atoms with van der Waals surface area (Å²) in [4.78, 5) is 14.6. The zero-order chi connectivity index (χ0) is 31.7. The summed E-state index contributed by atoms with van der Waals surface area (Å²) >= 11 is 0. The molecule has 6 nitrogen and oxygen atoms in total. The molecule has 0 fully saturated rings. The Hall–Kier alpha value is -6.89. The van der Waals surface area contributed by atoms with Gasteiger partial charge >= 0.3 is 0 Å². The van der Waals surface area contributed by atoms with Crippen LogP contribution in [-0.2, 0) is 0 Å². The van der Waals surface area contributed by atoms with E-state index in [0.29, 0.717) is 34.0 Å². The number of hydrogen-bond donors (Lipinski definition) is 0. The second kappa shape index (κ2) is 11.6. The predicted molar refractivity (Wildman–Crippen MR) is 185 cm³/mol. The van der Waals surface area contributed by atoms with Crippen LogP contribution >= 0.6 is 0 Å². The molecule has 0 N–H and O–H groups in total. The van der Waals surface area contributed by atoms with Crippen molar-refractivity contribution in [2.45, 2.75) is 0 Å². The molecule has 0 amide bonds. The third kappa shape index (κ3) is 4.69. The molecule has 0 saturated carbocycles. The number of hydrogen-bond acceptors (Lipinski definition) is 5. The Morgan fingerprint density at radius 1 is 0.468 bits per heavy atom. The number of nitriles is 2. The third-order valence-electron chi connectivity index (χ3n) is 8.36. The van der Waals surface area contributed by atoms with Gasteiger partial charge in [0.1, 0.15) is 6.07 Å². The summed E-state index contributed by atoms with van der Waals surface area (Å²) in [5, 5.41) is 23.5. The van der Waals surface area contributed by atoms with E-state index in [0.717, 1.165) is 44.1 Å². The zero-order valence-corrected chi connectivity index (χ0v) is 25.0. The van der Waals surface area contributed by atoms with E-state index in [1.54, 1.807) is 6.07 Å². The number of rotatable bonds is 5. The van der Waals surface area contributed by atoms with Gasteiger partial charge in [-0.05, 0) is 23.8 Å². The Bertz CT molecular complexity index is 2470. The molecule has 218 valence electrons. The van der Waals surface area contributed by atoms with Crippen molar-refractivity contribution in [3.63, 3.8) is 0 Å². The van der Waals surface area contributed by atoms with E-state index in [9.17, 15) is 10.5 Å². The molecule has 8 aromatic rings. The predicted octanol–water partition coefficient (Wildman–Crippen LogP) is 9.38. The largest absolute Gasteiger partial charge is 0.307 e. The van der Waals surface area contributed by atoms with Gasteiger partial charge in [0.2, 0.25) is 0 Å². The Morgan fingerprint density at radius 2 is 1.02 bits per heavy atom. The third-order valence-corrected chi connectivity index (χ3v) is 8.36. The van der Waals surface area contributed by atoms with Crippen LogP contribution in [0.4, 0.5) is 0 Å². The molecule has 0 aliphatic rings. The quantitative estimate of drug-likeness (QED) is 0.196. The van der Waals surface area contributed by atoms with Crippen LogP contribution in [0.15, 0.2) is 146 Å². The van der Waals surface area contributed by atoms with Crippen LogP contribution in [0.2, 0.25) is 0 Å². The van der Waals surface area contributed by atoms with Crippen molar-refractivity contribution in [2.24, 2.45) is 0 Å². The standard InChI is InChI=1S/C41H24N6/c42-25-30-23-24-36(47-35-22-11-10-19-32(35)33-21-12-20-31(38(33)47)27-13-4-1-5-14-27)34(26-43)37(30)41-45-39(28-15-6-2-7-16-28)44-40(46-41)29-17-8-3-9-18-29/h1-24H. The number of para-hydroxylation sites is 2. The smallest absolute Gasteiger partial charge is 0.166 e. The van der Waals surface area contributed by atoms with E-state index in [1.807, 2.05) is 97.1 Å². The highest BCUT2D eigenvalue weighted by Gasteiger charge is 2.24. The van der Waals surface area contributed by atoms with Gasteiger partial charge in [-0.2, -0.15) is 10.5 Å². The van der Waals surface area contributed by atoms with Gasteiger partial charge in [-0.25, -0.2) is 15.0 Å². The van der Waals surface area contributed by atoms with E-state index in [4.69, 9.17) is 15.0 Å². The first-order valence-corrected chi connectivity index (χ1v) is 15.2. The van der Waals surface area contributed by atoms with Crippen molar-refractivity contribution in [3.05, 3.63) is 157 Å². The summed E-state index contributed by atoms with van der Waals surface area (Å²) in [5.74, 6) is 1.17. The first-order valence-electron chi connectivity index (χ1n) is 15.2. The average molecular weight is 601 g/mol. The van der Waals surface area contributed by atoms with Crippen LogP contribution in [0.25, 0.3) is 72.8 Å². The molecule has 0 aliphatic heterocycles. The molecule has 8 rings (SSSR count). The summed E-state index contributed by atoms with van der Waals surface area (Å²) in [6.45, 7) is 0. The van der Waals surface area contributed by atoms with Crippen molar-refractivity contribution in [2.75, 3.05) is 0 Å². The van der Waals surface area contributed by atoms with Crippen LogP contribution in [0.3, 0.4) is 0 Å². The van der Waals surface area contributed by atoms with Crippen molar-refractivity contribution in [1.29, 1.82) is 10.5 Å². The molecule has 0 spiro atoms. The Morgan fingerprint density at radius 3 is 1.64 bits per heavy atom. The molecule has 0 unspecified atom stereocenters. The monoisotopic (exact) mass is 600 g/mol. The van der Waals surface area contributed by atoms with Crippen molar-refractivity contribution >= 4 is 21.8 Å². The number of fused-ring (bicyclic) bond motifs is 3. The lowest BCUT2D eigenvalue weighted by atomic mass is 9.98. The van der Waals surface area contributed by atoms with E-state index in [-0.39, 0.29) is 5.82 Å². The highest BCUT2D eigenvalue weighted by atomic mass is 15.0. The van der Waals surface area contributed by atoms with E-state index in [2.05, 4.69) is 59.2 Å². The van der Waals surface area contributed by atoms with Crippen LogP contribution in [0.5, 0.6) is 0 Å². The molecule has 0 radical (unpaired) electrons. The molecular formula is C41H24N6. The van der Waals surface area contributed by atoms with Gasteiger partial charge < -0.3 is 4.57 Å². The fourth-order valence-corrected chi connectivity index (χ4v) is 6.26. The molecule has 2 heterocycles. The lowest BCUT2D eigenvalue weighted by molar-refractivity contribution is 1.07. The molecule has 47 heavy (non-hydrogen) atoms. The highest BCUT2D eigenvalue weighted by molar-refractivity contribution is 6.14. The summed E-state index contributed by atoms with van der Waals surface area (Å²) in [6.07, 6.45) is 0. The van der Waals surface area contributed by atoms with Gasteiger partial charge in [0, 0.05) is 27.5 Å². The number of nitrogens with zero attached hydrogens (tertiary/aromatic N) is 6. The average Bonchev–Trinajstić information content (AvgIpc) is 3.49. The van der Waals surface area contributed by atoms with E-state index < -0.39 is 0 Å². The van der Waals surface area contributed by atoms with Crippen LogP contribution in [-0.4, -0.2) is 19.5 Å². The Balaban J connectivity index is 1.47. The zero-order valence-electron chi connectivity index (χ0n) is 25.0. The maximum atomic E-state index is 10.9. The maximum Gasteiger partial charge on any atom is 0.166 e. The number of aromatic nitrogens is 4. The van der Waals surface area contributed by atoms with Gasteiger partial charge in [-0.15, -0.1) is 0 Å². The van der Waals surface area contributed by atoms with Crippen LogP contribution in [0, 0.1) is 22.7 Å². The minimum atomic E-state index is 0.261. The summed E-state index contributed by atoms with van der Waals surface area (Å²) in [7, 11) is 0. The summed E-state index contributed by atoms with van der Waals surface area (Å²) < 4.78 is 2.13. The second-order valence-corrected chi connectivity index (χ2v) is 11.1. The summed E-state index contributed by atoms with van der Waals surface area (Å²) in [5.41, 5.74) is 7.23. The van der Waals surface area contributed by atoms with Crippen LogP contribution < -0.4 is 0 Å². The van der Waals surface area contributed by atoms with E-state index >= 15 is 0 Å². The second-order valence-electron chi connectivity index (χ2n) is 11.1. The molecule has 2 aromatic heterocycles. The Kier molecular flexibility index (Phi) is 6.80. The minimum absolute atomic E-state index is 0.261. The molecular weight excluding hydrogens is 576 g/mol. The lowest BCUT2D eigenvalue weighted by Crippen LogP contribution is -2.06. The van der Waals surface area contributed by atoms with Crippen molar-refractivity contribution in [1.82, 2.24) is 19.5 Å². The van der Waals surface area contributed by atoms with Gasteiger partial charge in [-0.1, -0.05) is 127 Å². The van der Waals surface area contributed by atoms with Gasteiger partial charge in [0.05, 0.1) is 39.5 Å². The fourth-order valence-electron chi connectivity index (χ4n) is 6.26. The first kappa shape index (κ1) is 27.6.